The lowest BCUT2D eigenvalue weighted by Crippen LogP contribution is -2.15. The number of hydrogen-bond donors (Lipinski definition) is 1. The highest BCUT2D eigenvalue weighted by Gasteiger charge is 2.37. The number of halogens is 2. The molecule has 1 aromatic heterocycles. The maximum atomic E-state index is 13.6. The third kappa shape index (κ3) is 1.69. The van der Waals surface area contributed by atoms with Crippen LogP contribution in [0.1, 0.15) is 17.7 Å². The molecule has 0 aliphatic carbocycles. The van der Waals surface area contributed by atoms with E-state index in [-0.39, 0.29) is 5.76 Å². The van der Waals surface area contributed by atoms with Crippen LogP contribution in [-0.4, -0.2) is 11.7 Å². The van der Waals surface area contributed by atoms with E-state index in [4.69, 9.17) is 9.52 Å². The highest BCUT2D eigenvalue weighted by Crippen LogP contribution is 2.38. The monoisotopic (exact) mass is 226 g/mol. The summed E-state index contributed by atoms with van der Waals surface area (Å²) in [5.74, 6) is -3.46. The first-order chi connectivity index (χ1) is 7.56. The number of hydrogen-bond acceptors (Lipinski definition) is 2. The van der Waals surface area contributed by atoms with Gasteiger partial charge in [-0.05, 0) is 13.0 Å². The zero-order chi connectivity index (χ0) is 11.8. The minimum absolute atomic E-state index is 0.345. The Balaban J connectivity index is 2.57. The van der Waals surface area contributed by atoms with Gasteiger partial charge in [0.15, 0.2) is 5.76 Å². The Morgan fingerprint density at radius 3 is 2.62 bits per heavy atom. The zero-order valence-electron chi connectivity index (χ0n) is 8.84. The van der Waals surface area contributed by atoms with Crippen LogP contribution in [0.4, 0.5) is 8.78 Å². The lowest BCUT2D eigenvalue weighted by molar-refractivity contribution is -0.0454. The fourth-order valence-corrected chi connectivity index (χ4v) is 1.78. The summed E-state index contributed by atoms with van der Waals surface area (Å²) in [5.41, 5.74) is 0.890. The predicted octanol–water partition coefficient (Wildman–Crippen LogP) is 3.22. The fourth-order valence-electron chi connectivity index (χ4n) is 1.78. The van der Waals surface area contributed by atoms with E-state index < -0.39 is 19.0 Å². The summed E-state index contributed by atoms with van der Waals surface area (Å²) >= 11 is 0. The van der Waals surface area contributed by atoms with E-state index in [0.717, 1.165) is 0 Å². The fraction of sp³-hybridized carbons (Fsp3) is 0.333. The molecule has 0 unspecified atom stereocenters. The first-order valence-corrected chi connectivity index (χ1v) is 5.03. The molecule has 0 bridgehead atoms. The first-order valence-electron chi connectivity index (χ1n) is 5.03. The van der Waals surface area contributed by atoms with Crippen LogP contribution in [0.3, 0.4) is 0 Å². The van der Waals surface area contributed by atoms with Gasteiger partial charge in [0.25, 0.3) is 0 Å². The van der Waals surface area contributed by atoms with Gasteiger partial charge in [-0.3, -0.25) is 0 Å². The summed E-state index contributed by atoms with van der Waals surface area (Å²) < 4.78 is 32.4. The van der Waals surface area contributed by atoms with Crippen molar-refractivity contribution in [2.75, 3.05) is 6.61 Å². The standard InChI is InChI=1S/C12H12F2O2/c1-8-9-4-2-3-5-10(9)16-11(8)12(13,14)6-7-15/h2-5,15H,6-7H2,1H3. The molecule has 86 valence electrons. The largest absolute Gasteiger partial charge is 0.454 e. The third-order valence-corrected chi connectivity index (χ3v) is 2.60. The number of rotatable bonds is 3. The van der Waals surface area contributed by atoms with E-state index in [1.165, 1.54) is 0 Å². The number of aryl methyl sites for hydroxylation is 1. The molecule has 0 aliphatic rings. The van der Waals surface area contributed by atoms with E-state index in [9.17, 15) is 8.78 Å². The number of aliphatic hydroxyl groups excluding tert-OH is 1. The number of fused-ring (bicyclic) bond motifs is 1. The van der Waals surface area contributed by atoms with Crippen molar-refractivity contribution < 1.29 is 18.3 Å². The van der Waals surface area contributed by atoms with Gasteiger partial charge in [0, 0.05) is 24.0 Å². The summed E-state index contributed by atoms with van der Waals surface area (Å²) in [6.45, 7) is 1.04. The number of furan rings is 1. The summed E-state index contributed by atoms with van der Waals surface area (Å²) in [5, 5.41) is 9.30. The normalized spacial score (nSPS) is 12.2. The molecule has 2 aromatic rings. The van der Waals surface area contributed by atoms with Gasteiger partial charge in [-0.25, -0.2) is 0 Å². The molecule has 0 aliphatic heterocycles. The molecule has 1 heterocycles. The van der Waals surface area contributed by atoms with Crippen LogP contribution in [-0.2, 0) is 5.92 Å². The first kappa shape index (κ1) is 11.1. The van der Waals surface area contributed by atoms with Gasteiger partial charge in [-0.2, -0.15) is 8.78 Å². The van der Waals surface area contributed by atoms with Gasteiger partial charge in [0.05, 0.1) is 0 Å². The number of benzene rings is 1. The topological polar surface area (TPSA) is 33.4 Å². The quantitative estimate of drug-likeness (QED) is 0.871. The summed E-state index contributed by atoms with van der Waals surface area (Å²) in [6.07, 6.45) is -0.617. The second-order valence-electron chi connectivity index (χ2n) is 3.73. The Hall–Kier alpha value is -1.42. The lowest BCUT2D eigenvalue weighted by atomic mass is 10.1. The molecule has 0 spiro atoms. The highest BCUT2D eigenvalue weighted by molar-refractivity contribution is 5.82. The van der Waals surface area contributed by atoms with Gasteiger partial charge < -0.3 is 9.52 Å². The van der Waals surface area contributed by atoms with E-state index >= 15 is 0 Å². The van der Waals surface area contributed by atoms with Crippen LogP contribution >= 0.6 is 0 Å². The van der Waals surface area contributed by atoms with Crippen molar-refractivity contribution in [3.8, 4) is 0 Å². The van der Waals surface area contributed by atoms with Gasteiger partial charge in [0.2, 0.25) is 0 Å². The summed E-state index contributed by atoms with van der Waals surface area (Å²) in [7, 11) is 0. The Bertz CT molecular complexity index is 503. The average Bonchev–Trinajstić information content (AvgIpc) is 2.58. The van der Waals surface area contributed by atoms with E-state index in [1.807, 2.05) is 0 Å². The van der Waals surface area contributed by atoms with Crippen LogP contribution in [0.25, 0.3) is 11.0 Å². The summed E-state index contributed by atoms with van der Waals surface area (Å²) in [6, 6.07) is 6.91. The Labute approximate surface area is 91.5 Å². The molecular weight excluding hydrogens is 214 g/mol. The molecule has 1 N–H and O–H groups in total. The van der Waals surface area contributed by atoms with Crippen molar-refractivity contribution in [3.63, 3.8) is 0 Å². The Morgan fingerprint density at radius 1 is 1.31 bits per heavy atom. The minimum atomic E-state index is -3.11. The Kier molecular flexibility index (Phi) is 2.68. The predicted molar refractivity (Wildman–Crippen MR) is 56.5 cm³/mol. The van der Waals surface area contributed by atoms with Crippen LogP contribution < -0.4 is 0 Å². The van der Waals surface area contributed by atoms with Crippen molar-refractivity contribution in [3.05, 3.63) is 35.6 Å². The van der Waals surface area contributed by atoms with Crippen LogP contribution in [0, 0.1) is 6.92 Å². The smallest absolute Gasteiger partial charge is 0.307 e. The van der Waals surface area contributed by atoms with Crippen molar-refractivity contribution in [2.24, 2.45) is 0 Å². The molecular formula is C12H12F2O2. The molecule has 4 heteroatoms. The number of alkyl halides is 2. The minimum Gasteiger partial charge on any atom is -0.454 e. The average molecular weight is 226 g/mol. The molecule has 0 radical (unpaired) electrons. The van der Waals surface area contributed by atoms with Crippen LogP contribution in [0.2, 0.25) is 0 Å². The van der Waals surface area contributed by atoms with Gasteiger partial charge in [-0.1, -0.05) is 18.2 Å². The van der Waals surface area contributed by atoms with Gasteiger partial charge >= 0.3 is 5.92 Å². The zero-order valence-corrected chi connectivity index (χ0v) is 8.84. The van der Waals surface area contributed by atoms with E-state index in [0.29, 0.717) is 16.5 Å². The molecule has 2 rings (SSSR count). The molecule has 16 heavy (non-hydrogen) atoms. The van der Waals surface area contributed by atoms with Crippen molar-refractivity contribution in [2.45, 2.75) is 19.3 Å². The van der Waals surface area contributed by atoms with Crippen molar-refractivity contribution in [1.82, 2.24) is 0 Å². The van der Waals surface area contributed by atoms with E-state index in [1.54, 1.807) is 31.2 Å². The SMILES string of the molecule is Cc1c(C(F)(F)CCO)oc2ccccc12. The van der Waals surface area contributed by atoms with Crippen LogP contribution in [0.5, 0.6) is 0 Å². The molecule has 0 amide bonds. The second kappa shape index (κ2) is 3.87. The molecule has 2 nitrogen and oxygen atoms in total. The maximum Gasteiger partial charge on any atom is 0.307 e. The Morgan fingerprint density at radius 2 is 2.00 bits per heavy atom. The molecule has 0 fully saturated rings. The molecule has 0 saturated carbocycles. The van der Waals surface area contributed by atoms with Crippen LogP contribution in [0.15, 0.2) is 28.7 Å². The number of para-hydroxylation sites is 1. The second-order valence-corrected chi connectivity index (χ2v) is 3.73. The summed E-state index contributed by atoms with van der Waals surface area (Å²) in [4.78, 5) is 0. The van der Waals surface area contributed by atoms with Gasteiger partial charge in [0.1, 0.15) is 5.58 Å². The maximum absolute atomic E-state index is 13.6. The molecule has 0 saturated heterocycles. The molecule has 0 atom stereocenters. The number of aliphatic hydroxyl groups is 1. The molecule has 1 aromatic carbocycles. The van der Waals surface area contributed by atoms with Crippen molar-refractivity contribution in [1.29, 1.82) is 0 Å². The van der Waals surface area contributed by atoms with Gasteiger partial charge in [-0.15, -0.1) is 0 Å². The van der Waals surface area contributed by atoms with E-state index in [2.05, 4.69) is 0 Å². The van der Waals surface area contributed by atoms with Crippen molar-refractivity contribution >= 4 is 11.0 Å². The third-order valence-electron chi connectivity index (χ3n) is 2.60. The lowest BCUT2D eigenvalue weighted by Gasteiger charge is -2.12. The highest BCUT2D eigenvalue weighted by atomic mass is 19.3.